The smallest absolute Gasteiger partial charge is 0.404 e. The molecule has 0 aromatic carbocycles. The van der Waals surface area contributed by atoms with E-state index in [0.717, 1.165) is 19.4 Å². The molecule has 2 aliphatic heterocycles. The van der Waals surface area contributed by atoms with Gasteiger partial charge >= 0.3 is 6.09 Å². The molecule has 18 heavy (non-hydrogen) atoms. The lowest BCUT2D eigenvalue weighted by Crippen LogP contribution is -2.47. The summed E-state index contributed by atoms with van der Waals surface area (Å²) in [6.07, 6.45) is 3.97. The number of carboxylic acid groups (broad SMARTS) is 1. The largest absolute Gasteiger partial charge is 0.465 e. The summed E-state index contributed by atoms with van der Waals surface area (Å²) in [5.74, 6) is 0. The summed E-state index contributed by atoms with van der Waals surface area (Å²) in [7, 11) is 0. The molecule has 0 radical (unpaired) electrons. The van der Waals surface area contributed by atoms with Gasteiger partial charge in [0, 0.05) is 5.41 Å². The molecule has 5 heteroatoms. The van der Waals surface area contributed by atoms with Crippen LogP contribution in [0.4, 0.5) is 4.79 Å². The molecular formula is C13H23NO4. The van der Waals surface area contributed by atoms with E-state index in [1.165, 1.54) is 12.8 Å². The number of hydrogen-bond acceptors (Lipinski definition) is 3. The van der Waals surface area contributed by atoms with Crippen molar-refractivity contribution in [1.29, 1.82) is 0 Å². The quantitative estimate of drug-likeness (QED) is 0.790. The highest BCUT2D eigenvalue weighted by Gasteiger charge is 2.41. The summed E-state index contributed by atoms with van der Waals surface area (Å²) in [5.41, 5.74) is 0.173. The van der Waals surface area contributed by atoms with Gasteiger partial charge in [-0.1, -0.05) is 0 Å². The fourth-order valence-electron chi connectivity index (χ4n) is 2.76. The topological polar surface area (TPSA) is 67.8 Å². The van der Waals surface area contributed by atoms with Crippen LogP contribution in [0.25, 0.3) is 0 Å². The van der Waals surface area contributed by atoms with E-state index in [4.69, 9.17) is 14.6 Å². The molecule has 2 saturated heterocycles. The summed E-state index contributed by atoms with van der Waals surface area (Å²) < 4.78 is 11.6. The standard InChI is InChI=1S/C13H23NO4/c1-9(14-12(15)16)10(2)17-7-13-5-3-11(4-6-13)18-8-13/h9-11,14H,3-8H2,1-2H3,(H,15,16). The van der Waals surface area contributed by atoms with Gasteiger partial charge in [-0.05, 0) is 39.5 Å². The number of rotatable bonds is 5. The van der Waals surface area contributed by atoms with E-state index in [1.54, 1.807) is 0 Å². The van der Waals surface area contributed by atoms with Crippen molar-refractivity contribution < 1.29 is 19.4 Å². The summed E-state index contributed by atoms with van der Waals surface area (Å²) in [6, 6.07) is -0.195. The molecule has 2 unspecified atom stereocenters. The Hall–Kier alpha value is -0.810. The zero-order chi connectivity index (χ0) is 13.2. The van der Waals surface area contributed by atoms with Crippen LogP contribution >= 0.6 is 0 Å². The average molecular weight is 257 g/mol. The fourth-order valence-corrected chi connectivity index (χ4v) is 2.76. The van der Waals surface area contributed by atoms with Crippen LogP contribution in [0.1, 0.15) is 39.5 Å². The van der Waals surface area contributed by atoms with Gasteiger partial charge in [0.05, 0.1) is 31.5 Å². The second kappa shape index (κ2) is 5.45. The summed E-state index contributed by atoms with van der Waals surface area (Å²) in [6.45, 7) is 5.20. The number of carbonyl (C=O) groups is 1. The van der Waals surface area contributed by atoms with Crippen LogP contribution in [0.5, 0.6) is 0 Å². The van der Waals surface area contributed by atoms with Crippen molar-refractivity contribution in [1.82, 2.24) is 5.32 Å². The predicted octanol–water partition coefficient (Wildman–Crippen LogP) is 2.01. The number of amides is 1. The van der Waals surface area contributed by atoms with Crippen molar-refractivity contribution in [3.63, 3.8) is 0 Å². The molecule has 3 aliphatic rings. The van der Waals surface area contributed by atoms with Crippen molar-refractivity contribution in [2.45, 2.75) is 57.8 Å². The van der Waals surface area contributed by atoms with Gasteiger partial charge in [-0.25, -0.2) is 4.79 Å². The monoisotopic (exact) mass is 257 g/mol. The first-order valence-corrected chi connectivity index (χ1v) is 6.73. The lowest BCUT2D eigenvalue weighted by Gasteiger charge is -2.46. The van der Waals surface area contributed by atoms with Crippen molar-refractivity contribution in [2.75, 3.05) is 13.2 Å². The minimum absolute atomic E-state index is 0.116. The van der Waals surface area contributed by atoms with E-state index in [0.29, 0.717) is 12.7 Å². The van der Waals surface area contributed by atoms with Crippen molar-refractivity contribution >= 4 is 6.09 Å². The molecule has 2 bridgehead atoms. The van der Waals surface area contributed by atoms with Gasteiger partial charge in [0.1, 0.15) is 0 Å². The van der Waals surface area contributed by atoms with Gasteiger partial charge in [-0.3, -0.25) is 0 Å². The Bertz CT molecular complexity index is 286. The SMILES string of the molecule is CC(NC(=O)O)C(C)OCC12CCC(CC1)OC2. The van der Waals surface area contributed by atoms with Crippen LogP contribution < -0.4 is 5.32 Å². The minimum atomic E-state index is -1.00. The first-order chi connectivity index (χ1) is 8.51. The molecular weight excluding hydrogens is 234 g/mol. The second-order valence-electron chi connectivity index (χ2n) is 5.76. The molecule has 3 rings (SSSR count). The predicted molar refractivity (Wildman–Crippen MR) is 66.7 cm³/mol. The number of nitrogens with one attached hydrogen (secondary N) is 1. The summed E-state index contributed by atoms with van der Waals surface area (Å²) in [5, 5.41) is 11.1. The first-order valence-electron chi connectivity index (χ1n) is 6.73. The molecule has 2 atom stereocenters. The molecule has 2 N–H and O–H groups in total. The maximum Gasteiger partial charge on any atom is 0.404 e. The molecule has 0 spiro atoms. The third-order valence-corrected chi connectivity index (χ3v) is 4.33. The highest BCUT2D eigenvalue weighted by Crippen LogP contribution is 2.43. The summed E-state index contributed by atoms with van der Waals surface area (Å²) >= 11 is 0. The van der Waals surface area contributed by atoms with Gasteiger partial charge in [-0.2, -0.15) is 0 Å². The zero-order valence-corrected chi connectivity index (χ0v) is 11.1. The molecule has 1 amide bonds. The maximum atomic E-state index is 10.6. The summed E-state index contributed by atoms with van der Waals surface area (Å²) in [4.78, 5) is 10.6. The highest BCUT2D eigenvalue weighted by atomic mass is 16.5. The van der Waals surface area contributed by atoms with Crippen LogP contribution in [0.3, 0.4) is 0 Å². The van der Waals surface area contributed by atoms with Gasteiger partial charge in [0.15, 0.2) is 0 Å². The Morgan fingerprint density at radius 3 is 2.67 bits per heavy atom. The third-order valence-electron chi connectivity index (χ3n) is 4.33. The van der Waals surface area contributed by atoms with E-state index in [9.17, 15) is 4.79 Å². The number of fused-ring (bicyclic) bond motifs is 3. The van der Waals surface area contributed by atoms with E-state index >= 15 is 0 Å². The Morgan fingerprint density at radius 1 is 1.50 bits per heavy atom. The molecule has 1 saturated carbocycles. The number of hydrogen-bond donors (Lipinski definition) is 2. The Balaban J connectivity index is 1.78. The van der Waals surface area contributed by atoms with Gasteiger partial charge in [0.2, 0.25) is 0 Å². The molecule has 0 aromatic heterocycles. The second-order valence-corrected chi connectivity index (χ2v) is 5.76. The Kier molecular flexibility index (Phi) is 4.12. The van der Waals surface area contributed by atoms with Crippen molar-refractivity contribution in [2.24, 2.45) is 5.41 Å². The van der Waals surface area contributed by atoms with Crippen molar-refractivity contribution in [3.8, 4) is 0 Å². The van der Waals surface area contributed by atoms with E-state index < -0.39 is 6.09 Å². The lowest BCUT2D eigenvalue weighted by atomic mass is 9.72. The molecule has 3 fully saturated rings. The first kappa shape index (κ1) is 13.6. The van der Waals surface area contributed by atoms with Gasteiger partial charge < -0.3 is 19.9 Å². The maximum absolute atomic E-state index is 10.6. The van der Waals surface area contributed by atoms with Crippen LogP contribution in [0, 0.1) is 5.41 Å². The zero-order valence-electron chi connectivity index (χ0n) is 11.1. The molecule has 2 heterocycles. The normalized spacial score (nSPS) is 34.0. The molecule has 0 aromatic rings. The average Bonchev–Trinajstić information content (AvgIpc) is 2.37. The van der Waals surface area contributed by atoms with Crippen LogP contribution in [-0.4, -0.2) is 42.7 Å². The highest BCUT2D eigenvalue weighted by molar-refractivity contribution is 5.64. The minimum Gasteiger partial charge on any atom is -0.465 e. The molecule has 1 aliphatic carbocycles. The Labute approximate surface area is 108 Å². The van der Waals surface area contributed by atoms with Gasteiger partial charge in [0.25, 0.3) is 0 Å². The van der Waals surface area contributed by atoms with E-state index in [1.807, 2.05) is 13.8 Å². The van der Waals surface area contributed by atoms with Crippen LogP contribution in [0.15, 0.2) is 0 Å². The van der Waals surface area contributed by atoms with Crippen LogP contribution in [0.2, 0.25) is 0 Å². The third kappa shape index (κ3) is 3.14. The van der Waals surface area contributed by atoms with Crippen molar-refractivity contribution in [3.05, 3.63) is 0 Å². The van der Waals surface area contributed by atoms with Crippen LogP contribution in [-0.2, 0) is 9.47 Å². The lowest BCUT2D eigenvalue weighted by molar-refractivity contribution is -0.150. The Morgan fingerprint density at radius 2 is 2.17 bits per heavy atom. The number of ether oxygens (including phenoxy) is 2. The van der Waals surface area contributed by atoms with Gasteiger partial charge in [-0.15, -0.1) is 0 Å². The van der Waals surface area contributed by atoms with E-state index in [2.05, 4.69) is 5.32 Å². The molecule has 5 nitrogen and oxygen atoms in total. The fraction of sp³-hybridized carbons (Fsp3) is 0.923. The van der Waals surface area contributed by atoms with E-state index in [-0.39, 0.29) is 17.6 Å². The molecule has 104 valence electrons.